The third kappa shape index (κ3) is 4.26. The van der Waals surface area contributed by atoms with E-state index >= 15 is 0 Å². The summed E-state index contributed by atoms with van der Waals surface area (Å²) in [6, 6.07) is 3.12. The Morgan fingerprint density at radius 1 is 1.27 bits per heavy atom. The number of nitrogens with one attached hydrogen (secondary N) is 1. The number of ether oxygens (including phenoxy) is 2. The zero-order valence-electron chi connectivity index (χ0n) is 17.2. The SMILES string of the molecule is COc1cc(OC)c(NC(=O)C2CCCN(S(=O)(=O)c3c(C)noc3C)C2)cc1Cl. The minimum atomic E-state index is -3.81. The number of aryl methyl sites for hydroxylation is 2. The summed E-state index contributed by atoms with van der Waals surface area (Å²) in [6.07, 6.45) is 1.12. The molecule has 9 nitrogen and oxygen atoms in total. The summed E-state index contributed by atoms with van der Waals surface area (Å²) in [5.74, 6) is 0.200. The Morgan fingerprint density at radius 3 is 2.57 bits per heavy atom. The average Bonchev–Trinajstić information content (AvgIpc) is 3.07. The largest absolute Gasteiger partial charge is 0.495 e. The van der Waals surface area contributed by atoms with Gasteiger partial charge in [-0.15, -0.1) is 0 Å². The fraction of sp³-hybridized carbons (Fsp3) is 0.474. The smallest absolute Gasteiger partial charge is 0.248 e. The highest BCUT2D eigenvalue weighted by molar-refractivity contribution is 7.89. The molecule has 1 aliphatic heterocycles. The lowest BCUT2D eigenvalue weighted by molar-refractivity contribution is -0.120. The fourth-order valence-electron chi connectivity index (χ4n) is 3.54. The van der Waals surface area contributed by atoms with Gasteiger partial charge in [0.25, 0.3) is 0 Å². The van der Waals surface area contributed by atoms with E-state index in [1.807, 2.05) is 0 Å². The Labute approximate surface area is 180 Å². The van der Waals surface area contributed by atoms with E-state index in [0.717, 1.165) is 0 Å². The van der Waals surface area contributed by atoms with Crippen LogP contribution in [0.3, 0.4) is 0 Å². The highest BCUT2D eigenvalue weighted by Crippen LogP contribution is 2.36. The summed E-state index contributed by atoms with van der Waals surface area (Å²) < 4.78 is 42.9. The van der Waals surface area contributed by atoms with Crippen LogP contribution in [0.4, 0.5) is 5.69 Å². The number of halogens is 1. The molecule has 2 aromatic rings. The van der Waals surface area contributed by atoms with Crippen molar-refractivity contribution in [2.45, 2.75) is 31.6 Å². The van der Waals surface area contributed by atoms with Gasteiger partial charge in [-0.25, -0.2) is 8.42 Å². The van der Waals surface area contributed by atoms with Crippen LogP contribution in [0, 0.1) is 19.8 Å². The van der Waals surface area contributed by atoms with Crippen molar-refractivity contribution < 1.29 is 27.2 Å². The molecule has 0 aliphatic carbocycles. The lowest BCUT2D eigenvalue weighted by Gasteiger charge is -2.31. The van der Waals surface area contributed by atoms with Crippen molar-refractivity contribution in [1.82, 2.24) is 9.46 Å². The van der Waals surface area contributed by atoms with Crippen LogP contribution in [-0.4, -0.2) is 51.1 Å². The predicted molar refractivity (Wildman–Crippen MR) is 111 cm³/mol. The normalized spacial score (nSPS) is 17.6. The molecule has 30 heavy (non-hydrogen) atoms. The summed E-state index contributed by atoms with van der Waals surface area (Å²) in [7, 11) is -0.863. The van der Waals surface area contributed by atoms with E-state index in [4.69, 9.17) is 25.6 Å². The van der Waals surface area contributed by atoms with Gasteiger partial charge in [0.15, 0.2) is 5.76 Å². The van der Waals surface area contributed by atoms with Gasteiger partial charge in [0.05, 0.1) is 30.8 Å². The summed E-state index contributed by atoms with van der Waals surface area (Å²) in [5, 5.41) is 6.85. The van der Waals surface area contributed by atoms with Gasteiger partial charge < -0.3 is 19.3 Å². The number of carbonyl (C=O) groups is 1. The van der Waals surface area contributed by atoms with Crippen LogP contribution >= 0.6 is 11.6 Å². The van der Waals surface area contributed by atoms with Crippen molar-refractivity contribution in [2.75, 3.05) is 32.6 Å². The summed E-state index contributed by atoms with van der Waals surface area (Å²) in [6.45, 7) is 3.52. The summed E-state index contributed by atoms with van der Waals surface area (Å²) in [4.78, 5) is 13.0. The number of anilines is 1. The first-order valence-corrected chi connectivity index (χ1v) is 11.2. The molecule has 0 saturated carbocycles. The van der Waals surface area contributed by atoms with Crippen LogP contribution in [0.15, 0.2) is 21.6 Å². The number of rotatable bonds is 6. The first-order valence-electron chi connectivity index (χ1n) is 9.34. The number of carbonyl (C=O) groups excluding carboxylic acids is 1. The van der Waals surface area contributed by atoms with Crippen LogP contribution in [0.5, 0.6) is 11.5 Å². The molecule has 1 unspecified atom stereocenters. The molecule has 1 fully saturated rings. The van der Waals surface area contributed by atoms with E-state index in [1.54, 1.807) is 26.0 Å². The van der Waals surface area contributed by atoms with Crippen molar-refractivity contribution in [1.29, 1.82) is 0 Å². The number of sulfonamides is 1. The highest BCUT2D eigenvalue weighted by atomic mass is 35.5. The highest BCUT2D eigenvalue weighted by Gasteiger charge is 2.36. The first kappa shape index (κ1) is 22.4. The van der Waals surface area contributed by atoms with Crippen LogP contribution in [0.1, 0.15) is 24.3 Å². The third-order valence-electron chi connectivity index (χ3n) is 5.05. The molecule has 11 heteroatoms. The monoisotopic (exact) mass is 457 g/mol. The maximum absolute atomic E-state index is 13.1. The first-order chi connectivity index (χ1) is 14.2. The van der Waals surface area contributed by atoms with E-state index in [1.165, 1.54) is 18.5 Å². The molecule has 0 radical (unpaired) electrons. The van der Waals surface area contributed by atoms with Crippen molar-refractivity contribution in [3.8, 4) is 11.5 Å². The van der Waals surface area contributed by atoms with Gasteiger partial charge in [-0.1, -0.05) is 16.8 Å². The van der Waals surface area contributed by atoms with Gasteiger partial charge in [0.2, 0.25) is 15.9 Å². The Hall–Kier alpha value is -2.30. The molecule has 2 heterocycles. The number of benzene rings is 1. The predicted octanol–water partition coefficient (Wildman–Crippen LogP) is 3.00. The van der Waals surface area contributed by atoms with Crippen LogP contribution in [-0.2, 0) is 14.8 Å². The van der Waals surface area contributed by atoms with Crippen molar-refractivity contribution >= 4 is 33.2 Å². The van der Waals surface area contributed by atoms with E-state index < -0.39 is 15.9 Å². The average molecular weight is 458 g/mol. The zero-order valence-corrected chi connectivity index (χ0v) is 18.8. The standard InChI is InChI=1S/C19H24ClN3O6S/c1-11-18(12(2)29-22-11)30(25,26)23-7-5-6-13(10-23)19(24)21-15-8-14(20)16(27-3)9-17(15)28-4/h8-9,13H,5-7,10H2,1-4H3,(H,21,24). The number of hydrogen-bond acceptors (Lipinski definition) is 7. The molecule has 1 aliphatic rings. The van der Waals surface area contributed by atoms with E-state index in [-0.39, 0.29) is 23.1 Å². The number of nitrogens with zero attached hydrogens (tertiary/aromatic N) is 2. The van der Waals surface area contributed by atoms with Gasteiger partial charge in [-0.2, -0.15) is 4.31 Å². The maximum Gasteiger partial charge on any atom is 0.248 e. The van der Waals surface area contributed by atoms with Crippen LogP contribution < -0.4 is 14.8 Å². The number of methoxy groups -OCH3 is 2. The molecule has 1 saturated heterocycles. The number of aromatic nitrogens is 1. The topological polar surface area (TPSA) is 111 Å². The number of amides is 1. The minimum absolute atomic E-state index is 0.0599. The second-order valence-corrected chi connectivity index (χ2v) is 9.31. The van der Waals surface area contributed by atoms with Crippen molar-refractivity contribution in [3.63, 3.8) is 0 Å². The van der Waals surface area contributed by atoms with E-state index in [9.17, 15) is 13.2 Å². The molecule has 1 N–H and O–H groups in total. The maximum atomic E-state index is 13.1. The van der Waals surface area contributed by atoms with E-state index in [2.05, 4.69) is 10.5 Å². The quantitative estimate of drug-likeness (QED) is 0.709. The van der Waals surface area contributed by atoms with Gasteiger partial charge in [0, 0.05) is 19.2 Å². The van der Waals surface area contributed by atoms with Gasteiger partial charge in [-0.3, -0.25) is 4.79 Å². The Kier molecular flexibility index (Phi) is 6.59. The third-order valence-corrected chi connectivity index (χ3v) is 7.46. The second-order valence-electron chi connectivity index (χ2n) is 7.03. The molecule has 0 spiro atoms. The van der Waals surface area contributed by atoms with Crippen LogP contribution in [0.2, 0.25) is 5.02 Å². The fourth-order valence-corrected chi connectivity index (χ4v) is 5.60. The molecular weight excluding hydrogens is 434 g/mol. The Morgan fingerprint density at radius 2 is 1.97 bits per heavy atom. The molecule has 1 atom stereocenters. The lowest BCUT2D eigenvalue weighted by Crippen LogP contribution is -2.43. The molecule has 1 aromatic heterocycles. The Bertz CT molecular complexity index is 1030. The zero-order chi connectivity index (χ0) is 22.1. The molecule has 164 valence electrons. The minimum Gasteiger partial charge on any atom is -0.495 e. The summed E-state index contributed by atoms with van der Waals surface area (Å²) >= 11 is 6.16. The number of hydrogen-bond donors (Lipinski definition) is 1. The second kappa shape index (κ2) is 8.83. The molecule has 0 bridgehead atoms. The molecule has 1 amide bonds. The lowest BCUT2D eigenvalue weighted by atomic mass is 9.98. The van der Waals surface area contributed by atoms with Gasteiger partial charge in [0.1, 0.15) is 22.1 Å². The number of piperidine rings is 1. The van der Waals surface area contributed by atoms with Crippen LogP contribution in [0.25, 0.3) is 0 Å². The van der Waals surface area contributed by atoms with E-state index in [0.29, 0.717) is 47.3 Å². The van der Waals surface area contributed by atoms with Crippen molar-refractivity contribution in [2.24, 2.45) is 5.92 Å². The molecule has 3 rings (SSSR count). The molecule has 1 aromatic carbocycles. The van der Waals surface area contributed by atoms with Gasteiger partial charge in [-0.05, 0) is 32.8 Å². The Balaban J connectivity index is 1.79. The summed E-state index contributed by atoms with van der Waals surface area (Å²) in [5.41, 5.74) is 0.690. The van der Waals surface area contributed by atoms with Crippen molar-refractivity contribution in [3.05, 3.63) is 28.6 Å². The van der Waals surface area contributed by atoms with Gasteiger partial charge >= 0.3 is 0 Å². The molecular formula is C19H24ClN3O6S.